The van der Waals surface area contributed by atoms with E-state index in [0.717, 1.165) is 5.56 Å². The second-order valence-corrected chi connectivity index (χ2v) is 9.57. The Balaban J connectivity index is 1.57. The van der Waals surface area contributed by atoms with Crippen molar-refractivity contribution in [1.82, 2.24) is 14.8 Å². The van der Waals surface area contributed by atoms with Gasteiger partial charge in [0.15, 0.2) is 11.4 Å². The number of nitrogens with two attached hydrogens (primary N) is 1. The number of allylic oxidation sites excluding steroid dienone is 1. The van der Waals surface area contributed by atoms with Gasteiger partial charge in [-0.25, -0.2) is 14.2 Å². The molecule has 0 bridgehead atoms. The molecule has 4 aromatic rings. The van der Waals surface area contributed by atoms with Gasteiger partial charge in [0.25, 0.3) is 0 Å². The van der Waals surface area contributed by atoms with Crippen LogP contribution < -0.4 is 20.1 Å². The van der Waals surface area contributed by atoms with E-state index in [4.69, 9.17) is 10.5 Å². The van der Waals surface area contributed by atoms with E-state index >= 15 is 0 Å². The van der Waals surface area contributed by atoms with Gasteiger partial charge in [-0.3, -0.25) is 9.80 Å². The van der Waals surface area contributed by atoms with E-state index in [0.29, 0.717) is 34.2 Å². The first kappa shape index (κ1) is 24.8. The lowest BCUT2D eigenvalue weighted by Crippen LogP contribution is -2.48. The fourth-order valence-corrected chi connectivity index (χ4v) is 5.10. The van der Waals surface area contributed by atoms with Gasteiger partial charge in [-0.1, -0.05) is 59.1 Å². The maximum absolute atomic E-state index is 13.8. The van der Waals surface area contributed by atoms with Crippen LogP contribution in [0.4, 0.5) is 9.59 Å². The molecule has 1 aliphatic rings. The minimum Gasteiger partial charge on any atom is -0.876 e. The molecule has 0 unspecified atom stereocenters. The summed E-state index contributed by atoms with van der Waals surface area (Å²) in [5.74, 6) is 0.108. The highest BCUT2D eigenvalue weighted by molar-refractivity contribution is 7.81. The molecular formula is C28H24N5O4S-. The Morgan fingerprint density at radius 2 is 1.95 bits per heavy atom. The van der Waals surface area contributed by atoms with Crippen LogP contribution in [0.15, 0.2) is 85.0 Å². The largest absolute Gasteiger partial charge is 0.876 e. The lowest BCUT2D eigenvalue weighted by Gasteiger charge is -2.26. The van der Waals surface area contributed by atoms with Crippen molar-refractivity contribution in [2.24, 2.45) is 5.73 Å². The minimum absolute atomic E-state index is 0.0992. The number of fused-ring (bicyclic) bond motifs is 1. The lowest BCUT2D eigenvalue weighted by molar-refractivity contribution is -0.547. The van der Waals surface area contributed by atoms with Gasteiger partial charge < -0.3 is 20.6 Å². The highest BCUT2D eigenvalue weighted by atomic mass is 32.1. The summed E-state index contributed by atoms with van der Waals surface area (Å²) in [5, 5.41) is 16.4. The Morgan fingerprint density at radius 3 is 2.63 bits per heavy atom. The van der Waals surface area contributed by atoms with Gasteiger partial charge in [0.2, 0.25) is 10.7 Å². The highest BCUT2D eigenvalue weighted by Crippen LogP contribution is 2.33. The van der Waals surface area contributed by atoms with Crippen molar-refractivity contribution in [3.05, 3.63) is 107 Å². The van der Waals surface area contributed by atoms with E-state index in [2.05, 4.69) is 4.98 Å². The number of carbonyl (C=O) groups is 2. The topological polar surface area (TPSA) is 116 Å². The highest BCUT2D eigenvalue weighted by Gasteiger charge is 2.36. The Morgan fingerprint density at radius 1 is 1.16 bits per heavy atom. The Labute approximate surface area is 223 Å². The average Bonchev–Trinajstić information content (AvgIpc) is 3.54. The van der Waals surface area contributed by atoms with Gasteiger partial charge in [0.05, 0.1) is 31.1 Å². The van der Waals surface area contributed by atoms with Gasteiger partial charge in [-0.05, 0) is 17.8 Å². The van der Waals surface area contributed by atoms with Crippen molar-refractivity contribution in [3.63, 3.8) is 0 Å². The predicted octanol–water partition coefficient (Wildman–Crippen LogP) is 2.20. The van der Waals surface area contributed by atoms with Crippen LogP contribution in [0, 0.1) is 5.37 Å². The maximum Gasteiger partial charge on any atom is 0.441 e. The van der Waals surface area contributed by atoms with E-state index < -0.39 is 11.8 Å². The van der Waals surface area contributed by atoms with Crippen LogP contribution in [0.1, 0.15) is 16.7 Å². The van der Waals surface area contributed by atoms with E-state index in [9.17, 15) is 14.7 Å². The number of carbonyl (C=O) groups excluding carboxylic acids is 2. The SMILES string of the molecule is CN(C)C(=O)[n+]1cc(C([O-])=C2C=[S+][C-](c3cccnc3)N2C(N)=O)c2ccc(OCc3ccccc3)c[c-]21. The third-order valence-corrected chi connectivity index (χ3v) is 6.93. The monoisotopic (exact) mass is 526 g/mol. The number of aromatic nitrogens is 2. The fraction of sp³-hybridized carbons (Fsp3) is 0.107. The molecule has 0 aliphatic carbocycles. The van der Waals surface area contributed by atoms with Crippen molar-refractivity contribution in [3.8, 4) is 5.75 Å². The summed E-state index contributed by atoms with van der Waals surface area (Å²) in [6.07, 6.45) is 4.70. The van der Waals surface area contributed by atoms with Gasteiger partial charge in [-0.2, -0.15) is 6.07 Å². The molecule has 1 aliphatic heterocycles. The van der Waals surface area contributed by atoms with Gasteiger partial charge in [0, 0.05) is 6.20 Å². The number of primary amides is 1. The zero-order chi connectivity index (χ0) is 26.8. The molecule has 3 amide bonds. The van der Waals surface area contributed by atoms with Crippen LogP contribution >= 0.6 is 0 Å². The molecule has 38 heavy (non-hydrogen) atoms. The molecule has 0 saturated heterocycles. The quantitative estimate of drug-likeness (QED) is 0.107. The number of ether oxygens (including phenoxy) is 1. The first-order chi connectivity index (χ1) is 18.3. The molecule has 5 rings (SSSR count). The van der Waals surface area contributed by atoms with Crippen molar-refractivity contribution < 1.29 is 24.0 Å². The molecule has 0 saturated carbocycles. The third kappa shape index (κ3) is 4.64. The van der Waals surface area contributed by atoms with E-state index in [1.165, 1.54) is 31.9 Å². The molecular weight excluding hydrogens is 502 g/mol. The summed E-state index contributed by atoms with van der Waals surface area (Å²) in [7, 11) is 3.26. The normalized spacial score (nSPS) is 14.2. The number of amides is 3. The molecule has 0 spiro atoms. The first-order valence-electron chi connectivity index (χ1n) is 11.7. The van der Waals surface area contributed by atoms with Crippen LogP contribution in [0.25, 0.3) is 16.7 Å². The van der Waals surface area contributed by atoms with Crippen LogP contribution in [-0.2, 0) is 18.0 Å². The maximum atomic E-state index is 13.8. The van der Waals surface area contributed by atoms with E-state index in [1.54, 1.807) is 62.2 Å². The molecule has 0 fully saturated rings. The molecule has 0 atom stereocenters. The second kappa shape index (κ2) is 10.3. The van der Waals surface area contributed by atoms with E-state index in [-0.39, 0.29) is 17.3 Å². The van der Waals surface area contributed by atoms with Gasteiger partial charge in [-0.15, -0.1) is 17.9 Å². The number of rotatable bonds is 5. The number of benzene rings is 2. The summed E-state index contributed by atoms with van der Waals surface area (Å²) in [6, 6.07) is 17.3. The average molecular weight is 527 g/mol. The Bertz CT molecular complexity index is 1560. The number of pyridine rings is 1. The van der Waals surface area contributed by atoms with Gasteiger partial charge in [0.1, 0.15) is 6.61 Å². The summed E-state index contributed by atoms with van der Waals surface area (Å²) >= 11 is 1.21. The molecule has 3 heterocycles. The van der Waals surface area contributed by atoms with Gasteiger partial charge >= 0.3 is 12.1 Å². The van der Waals surface area contributed by atoms with Crippen molar-refractivity contribution in [1.29, 1.82) is 0 Å². The zero-order valence-corrected chi connectivity index (χ0v) is 21.5. The zero-order valence-electron chi connectivity index (χ0n) is 20.7. The molecule has 2 aromatic heterocycles. The van der Waals surface area contributed by atoms with Crippen molar-refractivity contribution >= 4 is 45.4 Å². The molecule has 10 heteroatoms. The summed E-state index contributed by atoms with van der Waals surface area (Å²) < 4.78 is 7.36. The number of urea groups is 1. The van der Waals surface area contributed by atoms with Crippen LogP contribution in [0.5, 0.6) is 5.75 Å². The Hall–Kier alpha value is -4.83. The second-order valence-electron chi connectivity index (χ2n) is 8.71. The first-order valence-corrected chi connectivity index (χ1v) is 12.5. The summed E-state index contributed by atoms with van der Waals surface area (Å²) in [5.41, 5.74) is 8.21. The minimum atomic E-state index is -0.793. The molecule has 192 valence electrons. The van der Waals surface area contributed by atoms with Crippen LogP contribution in [0.3, 0.4) is 0 Å². The molecule has 9 nitrogen and oxygen atoms in total. The molecule has 2 N–H and O–H groups in total. The van der Waals surface area contributed by atoms with Crippen molar-refractivity contribution in [2.45, 2.75) is 6.61 Å². The van der Waals surface area contributed by atoms with Crippen LogP contribution in [-0.4, -0.2) is 46.3 Å². The Kier molecular flexibility index (Phi) is 6.71. The van der Waals surface area contributed by atoms with Crippen LogP contribution in [0.2, 0.25) is 0 Å². The lowest BCUT2D eigenvalue weighted by atomic mass is 10.1. The summed E-state index contributed by atoms with van der Waals surface area (Å²) in [6.45, 7) is 0.352. The number of nitrogens with zero attached hydrogens (tertiary/aromatic N) is 4. The third-order valence-electron chi connectivity index (χ3n) is 5.95. The number of hydrogen-bond acceptors (Lipinski definition) is 5. The predicted molar refractivity (Wildman–Crippen MR) is 143 cm³/mol. The fourth-order valence-electron chi connectivity index (χ4n) is 4.12. The summed E-state index contributed by atoms with van der Waals surface area (Å²) in [4.78, 5) is 32.2. The molecule has 0 radical (unpaired) electrons. The standard InChI is InChI=1S/C28H25N5O4S/c1-31(2)28(36)32-15-22(21-11-10-20(13-23(21)32)37-16-18-7-4-3-5-8-18)25(34)24-17-38-26(33(24)27(29)35)19-9-6-12-30-14-19/h3-15,17,34H,16H2,1-2H3,(H2,29,35)/p-1. The number of hydrogen-bond donors (Lipinski definition) is 1. The van der Waals surface area contributed by atoms with Crippen molar-refractivity contribution in [2.75, 3.05) is 14.1 Å². The smallest absolute Gasteiger partial charge is 0.441 e. The van der Waals surface area contributed by atoms with E-state index in [1.807, 2.05) is 30.3 Å². The molecule has 2 aromatic carbocycles.